The average molecular weight is 449 g/mol. The highest BCUT2D eigenvalue weighted by molar-refractivity contribution is 6.74. The molecule has 0 spiro atoms. The van der Waals surface area contributed by atoms with Crippen molar-refractivity contribution in [3.05, 3.63) is 48.0 Å². The number of Topliss-reactive ketones (excluding diaryl/α,β-unsaturated/α-hetero) is 2. The van der Waals surface area contributed by atoms with Crippen molar-refractivity contribution in [1.29, 1.82) is 0 Å². The van der Waals surface area contributed by atoms with Gasteiger partial charge in [-0.1, -0.05) is 51.1 Å². The minimum atomic E-state index is -2.09. The Hall–Kier alpha value is -1.93. The molecule has 0 bridgehead atoms. The van der Waals surface area contributed by atoms with Crippen LogP contribution in [0.5, 0.6) is 0 Å². The maximum absolute atomic E-state index is 12.4. The first-order valence-electron chi connectivity index (χ1n) is 10.5. The summed E-state index contributed by atoms with van der Waals surface area (Å²) in [5.74, 6) is -2.96. The largest absolute Gasteiger partial charge is 0.414 e. The average Bonchev–Trinajstić information content (AvgIpc) is 2.65. The summed E-state index contributed by atoms with van der Waals surface area (Å²) in [6, 6.07) is 9.45. The summed E-state index contributed by atoms with van der Waals surface area (Å²) in [4.78, 5) is 35.7. The van der Waals surface area contributed by atoms with E-state index in [4.69, 9.17) is 9.16 Å². The minimum Gasteiger partial charge on any atom is -0.414 e. The molecule has 0 aliphatic heterocycles. The summed E-state index contributed by atoms with van der Waals surface area (Å²) in [6.07, 6.45) is 0.700. The van der Waals surface area contributed by atoms with Crippen molar-refractivity contribution >= 4 is 25.7 Å². The number of carbonyl (C=O) groups is 3. The number of aliphatic hydroxyl groups excluding tert-OH is 1. The Morgan fingerprint density at radius 3 is 2.10 bits per heavy atom. The van der Waals surface area contributed by atoms with E-state index in [0.29, 0.717) is 0 Å². The third-order valence-electron chi connectivity index (χ3n) is 5.63. The SMILES string of the molecule is CC(=O)C(C(C)=O)C(=O)/C=C\[C@H](OCc1ccccc1)[C@@H](O)CO[Si](C)(C)C(C)(C)C. The molecule has 0 radical (unpaired) electrons. The fourth-order valence-corrected chi connectivity index (χ4v) is 3.66. The molecule has 7 heteroatoms. The Labute approximate surface area is 186 Å². The maximum atomic E-state index is 12.4. The summed E-state index contributed by atoms with van der Waals surface area (Å²) < 4.78 is 12.0. The lowest BCUT2D eigenvalue weighted by Gasteiger charge is -2.37. The van der Waals surface area contributed by atoms with Crippen molar-refractivity contribution in [2.24, 2.45) is 5.92 Å². The fourth-order valence-electron chi connectivity index (χ4n) is 2.64. The Morgan fingerprint density at radius 2 is 1.61 bits per heavy atom. The third-order valence-corrected chi connectivity index (χ3v) is 10.1. The highest BCUT2D eigenvalue weighted by atomic mass is 28.4. The van der Waals surface area contributed by atoms with Gasteiger partial charge in [0.05, 0.1) is 13.2 Å². The standard InChI is InChI=1S/C24H36O6Si/c1-17(25)23(18(2)26)20(27)13-14-22(29-15-19-11-9-8-10-12-19)21(28)16-30-31(6,7)24(3,4)5/h8-14,21-23,28H,15-16H2,1-7H3/b14-13-/t21-,22-/m0/s1. The van der Waals surface area contributed by atoms with Gasteiger partial charge in [0.25, 0.3) is 0 Å². The van der Waals surface area contributed by atoms with E-state index in [1.165, 1.54) is 19.9 Å². The van der Waals surface area contributed by atoms with Crippen LogP contribution in [0.3, 0.4) is 0 Å². The van der Waals surface area contributed by atoms with Gasteiger partial charge >= 0.3 is 0 Å². The highest BCUT2D eigenvalue weighted by Gasteiger charge is 2.38. The normalized spacial score (nSPS) is 14.6. The first kappa shape index (κ1) is 27.1. The van der Waals surface area contributed by atoms with Crippen LogP contribution in [0.25, 0.3) is 0 Å². The molecule has 31 heavy (non-hydrogen) atoms. The van der Waals surface area contributed by atoms with Crippen molar-refractivity contribution < 1.29 is 28.7 Å². The van der Waals surface area contributed by atoms with E-state index in [0.717, 1.165) is 11.6 Å². The van der Waals surface area contributed by atoms with Crippen LogP contribution in [0, 0.1) is 5.92 Å². The van der Waals surface area contributed by atoms with Crippen molar-refractivity contribution in [3.8, 4) is 0 Å². The summed E-state index contributed by atoms with van der Waals surface area (Å²) in [5, 5.41) is 10.7. The molecule has 1 aromatic carbocycles. The smallest absolute Gasteiger partial charge is 0.192 e. The second-order valence-electron chi connectivity index (χ2n) is 9.32. The molecule has 0 saturated heterocycles. The number of hydrogen-bond acceptors (Lipinski definition) is 6. The second-order valence-corrected chi connectivity index (χ2v) is 14.1. The quantitative estimate of drug-likeness (QED) is 0.297. The number of aliphatic hydroxyl groups is 1. The topological polar surface area (TPSA) is 89.9 Å². The molecule has 1 N–H and O–H groups in total. The number of allylic oxidation sites excluding steroid dienone is 1. The molecule has 6 nitrogen and oxygen atoms in total. The molecule has 0 heterocycles. The van der Waals surface area contributed by atoms with Crippen LogP contribution in [-0.2, 0) is 30.2 Å². The molecule has 0 saturated carbocycles. The molecular weight excluding hydrogens is 412 g/mol. The number of hydrogen-bond donors (Lipinski definition) is 1. The van der Waals surface area contributed by atoms with E-state index in [1.807, 2.05) is 30.3 Å². The van der Waals surface area contributed by atoms with Crippen LogP contribution >= 0.6 is 0 Å². The molecule has 0 aromatic heterocycles. The van der Waals surface area contributed by atoms with Crippen molar-refractivity contribution in [1.82, 2.24) is 0 Å². The van der Waals surface area contributed by atoms with E-state index in [1.54, 1.807) is 0 Å². The molecule has 0 unspecified atom stereocenters. The highest BCUT2D eigenvalue weighted by Crippen LogP contribution is 2.36. The summed E-state index contributed by atoms with van der Waals surface area (Å²) >= 11 is 0. The third kappa shape index (κ3) is 8.61. The van der Waals surface area contributed by atoms with Gasteiger partial charge in [0.1, 0.15) is 29.7 Å². The number of benzene rings is 1. The predicted octanol–water partition coefficient (Wildman–Crippen LogP) is 3.87. The number of ether oxygens (including phenoxy) is 1. The maximum Gasteiger partial charge on any atom is 0.192 e. The van der Waals surface area contributed by atoms with Gasteiger partial charge in [-0.3, -0.25) is 14.4 Å². The van der Waals surface area contributed by atoms with Gasteiger partial charge in [-0.05, 0) is 49.7 Å². The Kier molecular flexibility index (Phi) is 10.2. The van der Waals surface area contributed by atoms with Crippen molar-refractivity contribution in [3.63, 3.8) is 0 Å². The summed E-state index contributed by atoms with van der Waals surface area (Å²) in [5.41, 5.74) is 0.912. The molecule has 1 aromatic rings. The van der Waals surface area contributed by atoms with Crippen LogP contribution < -0.4 is 0 Å². The molecule has 0 amide bonds. The lowest BCUT2D eigenvalue weighted by Crippen LogP contribution is -2.44. The Balaban J connectivity index is 2.97. The lowest BCUT2D eigenvalue weighted by atomic mass is 9.95. The van der Waals surface area contributed by atoms with E-state index >= 15 is 0 Å². The number of rotatable bonds is 12. The van der Waals surface area contributed by atoms with Crippen molar-refractivity contribution in [2.45, 2.75) is 71.6 Å². The molecule has 0 aliphatic rings. The van der Waals surface area contributed by atoms with Crippen LogP contribution in [0.15, 0.2) is 42.5 Å². The molecule has 0 fully saturated rings. The molecule has 0 aliphatic carbocycles. The molecule has 172 valence electrons. The van der Waals surface area contributed by atoms with E-state index in [-0.39, 0.29) is 18.3 Å². The molecule has 2 atom stereocenters. The lowest BCUT2D eigenvalue weighted by molar-refractivity contribution is -0.136. The number of carbonyl (C=O) groups excluding carboxylic acids is 3. The first-order chi connectivity index (χ1) is 14.3. The second kappa shape index (κ2) is 11.6. The van der Waals surface area contributed by atoms with Gasteiger partial charge in [0, 0.05) is 0 Å². The zero-order chi connectivity index (χ0) is 23.8. The Bertz CT molecular complexity index is 765. The monoisotopic (exact) mass is 448 g/mol. The van der Waals surface area contributed by atoms with E-state index < -0.39 is 43.8 Å². The molecular formula is C24H36O6Si. The zero-order valence-electron chi connectivity index (χ0n) is 19.7. The minimum absolute atomic E-state index is 0.0187. The fraction of sp³-hybridized carbons (Fsp3) is 0.542. The van der Waals surface area contributed by atoms with Crippen LogP contribution in [0.4, 0.5) is 0 Å². The van der Waals surface area contributed by atoms with Crippen LogP contribution in [-0.4, -0.2) is 49.6 Å². The molecule has 1 rings (SSSR count). The van der Waals surface area contributed by atoms with Gasteiger partial charge in [-0.15, -0.1) is 0 Å². The summed E-state index contributed by atoms with van der Waals surface area (Å²) in [6.45, 7) is 13.2. The van der Waals surface area contributed by atoms with Gasteiger partial charge in [-0.2, -0.15) is 0 Å². The number of ketones is 3. The predicted molar refractivity (Wildman–Crippen MR) is 123 cm³/mol. The van der Waals surface area contributed by atoms with E-state index in [9.17, 15) is 19.5 Å². The van der Waals surface area contributed by atoms with Crippen LogP contribution in [0.1, 0.15) is 40.2 Å². The van der Waals surface area contributed by atoms with Gasteiger partial charge in [0.15, 0.2) is 14.1 Å². The summed E-state index contributed by atoms with van der Waals surface area (Å²) in [7, 11) is -2.09. The van der Waals surface area contributed by atoms with Gasteiger partial charge < -0.3 is 14.3 Å². The van der Waals surface area contributed by atoms with Gasteiger partial charge in [-0.25, -0.2) is 0 Å². The van der Waals surface area contributed by atoms with E-state index in [2.05, 4.69) is 33.9 Å². The van der Waals surface area contributed by atoms with Gasteiger partial charge in [0.2, 0.25) is 0 Å². The van der Waals surface area contributed by atoms with Crippen LogP contribution in [0.2, 0.25) is 18.1 Å². The first-order valence-corrected chi connectivity index (χ1v) is 13.4. The van der Waals surface area contributed by atoms with Crippen molar-refractivity contribution in [2.75, 3.05) is 6.61 Å². The zero-order valence-corrected chi connectivity index (χ0v) is 20.7. The Morgan fingerprint density at radius 1 is 1.06 bits per heavy atom.